The van der Waals surface area contributed by atoms with E-state index < -0.39 is 23.8 Å². The largest absolute Gasteiger partial charge is 0.456 e. The number of hydrogen-bond acceptors (Lipinski definition) is 5. The van der Waals surface area contributed by atoms with Crippen molar-refractivity contribution in [3.8, 4) is 0 Å². The number of aliphatic hydroxyl groups is 2. The summed E-state index contributed by atoms with van der Waals surface area (Å²) in [5, 5.41) is 20.0. The first-order chi connectivity index (χ1) is 9.26. The number of benzene rings is 1. The third kappa shape index (κ3) is 4.59. The molecule has 0 fully saturated rings. The summed E-state index contributed by atoms with van der Waals surface area (Å²) >= 11 is 0. The van der Waals surface area contributed by atoms with Gasteiger partial charge in [-0.1, -0.05) is 18.2 Å². The molecular weight excluding hydrogens is 258 g/mol. The predicted octanol–water partition coefficient (Wildman–Crippen LogP) is 1.39. The lowest BCUT2D eigenvalue weighted by atomic mass is 9.97. The van der Waals surface area contributed by atoms with Crippen LogP contribution in [0, 0.1) is 0 Å². The van der Waals surface area contributed by atoms with Crippen molar-refractivity contribution in [2.75, 3.05) is 6.54 Å². The molecule has 0 saturated carbocycles. The molecule has 0 aliphatic carbocycles. The Morgan fingerprint density at radius 2 is 1.90 bits per heavy atom. The van der Waals surface area contributed by atoms with Crippen molar-refractivity contribution >= 4 is 5.97 Å². The first-order valence-electron chi connectivity index (χ1n) is 6.64. The van der Waals surface area contributed by atoms with Gasteiger partial charge in [-0.3, -0.25) is 0 Å². The van der Waals surface area contributed by atoms with E-state index in [0.717, 1.165) is 0 Å². The monoisotopic (exact) mass is 281 g/mol. The maximum atomic E-state index is 12.1. The highest BCUT2D eigenvalue weighted by atomic mass is 16.6. The fourth-order valence-electron chi connectivity index (χ4n) is 1.81. The molecule has 5 heteroatoms. The van der Waals surface area contributed by atoms with E-state index in [1.807, 2.05) is 0 Å². The van der Waals surface area contributed by atoms with Crippen molar-refractivity contribution < 1.29 is 19.7 Å². The second kappa shape index (κ2) is 6.83. The highest BCUT2D eigenvalue weighted by molar-refractivity contribution is 5.91. The van der Waals surface area contributed by atoms with Gasteiger partial charge in [-0.15, -0.1) is 0 Å². The molecule has 0 radical (unpaired) electrons. The van der Waals surface area contributed by atoms with Gasteiger partial charge >= 0.3 is 5.97 Å². The van der Waals surface area contributed by atoms with E-state index >= 15 is 0 Å². The number of carbonyl (C=O) groups excluding carboxylic acids is 1. The van der Waals surface area contributed by atoms with Crippen LogP contribution < -0.4 is 5.73 Å². The van der Waals surface area contributed by atoms with Crippen LogP contribution in [0.3, 0.4) is 0 Å². The first kappa shape index (κ1) is 16.6. The van der Waals surface area contributed by atoms with E-state index in [1.54, 1.807) is 45.0 Å². The molecule has 0 aliphatic heterocycles. The Labute approximate surface area is 119 Å². The van der Waals surface area contributed by atoms with Gasteiger partial charge in [0.1, 0.15) is 11.7 Å². The van der Waals surface area contributed by atoms with Gasteiger partial charge in [0.15, 0.2) is 0 Å². The number of carbonyl (C=O) groups is 1. The van der Waals surface area contributed by atoms with Crippen molar-refractivity contribution in [3.05, 3.63) is 35.4 Å². The lowest BCUT2D eigenvalue weighted by Gasteiger charge is -2.23. The molecular formula is C15H23NO4. The summed E-state index contributed by atoms with van der Waals surface area (Å²) in [5.74, 6) is -0.521. The topological polar surface area (TPSA) is 92.8 Å². The van der Waals surface area contributed by atoms with Crippen LogP contribution in [0.15, 0.2) is 24.3 Å². The minimum Gasteiger partial charge on any atom is -0.456 e. The maximum absolute atomic E-state index is 12.1. The van der Waals surface area contributed by atoms with Gasteiger partial charge in [0, 0.05) is 0 Å². The average Bonchev–Trinajstić information content (AvgIpc) is 2.36. The highest BCUT2D eigenvalue weighted by Crippen LogP contribution is 2.24. The number of nitrogens with two attached hydrogens (primary N) is 1. The lowest BCUT2D eigenvalue weighted by Crippen LogP contribution is -2.27. The van der Waals surface area contributed by atoms with Gasteiger partial charge in [0.25, 0.3) is 0 Å². The van der Waals surface area contributed by atoms with E-state index in [9.17, 15) is 15.0 Å². The van der Waals surface area contributed by atoms with Crippen molar-refractivity contribution in [2.24, 2.45) is 5.73 Å². The van der Waals surface area contributed by atoms with E-state index in [-0.39, 0.29) is 18.5 Å². The summed E-state index contributed by atoms with van der Waals surface area (Å²) in [6.07, 6.45) is -1.92. The zero-order valence-corrected chi connectivity index (χ0v) is 12.2. The summed E-state index contributed by atoms with van der Waals surface area (Å²) < 4.78 is 5.30. The first-order valence-corrected chi connectivity index (χ1v) is 6.64. The molecule has 4 N–H and O–H groups in total. The average molecular weight is 281 g/mol. The Morgan fingerprint density at radius 3 is 2.45 bits per heavy atom. The van der Waals surface area contributed by atoms with Crippen LogP contribution >= 0.6 is 0 Å². The third-order valence-corrected chi connectivity index (χ3v) is 2.73. The fourth-order valence-corrected chi connectivity index (χ4v) is 1.81. The van der Waals surface area contributed by atoms with Crippen molar-refractivity contribution in [3.63, 3.8) is 0 Å². The summed E-state index contributed by atoms with van der Waals surface area (Å²) in [5.41, 5.74) is 5.35. The lowest BCUT2D eigenvalue weighted by molar-refractivity contribution is 0.00249. The van der Waals surface area contributed by atoms with Crippen LogP contribution in [0.25, 0.3) is 0 Å². The molecule has 0 bridgehead atoms. The van der Waals surface area contributed by atoms with Crippen molar-refractivity contribution in [2.45, 2.75) is 45.0 Å². The Hall–Kier alpha value is -1.43. The summed E-state index contributed by atoms with van der Waals surface area (Å²) in [4.78, 5) is 12.1. The van der Waals surface area contributed by atoms with Crippen LogP contribution in [-0.4, -0.2) is 34.4 Å². The summed E-state index contributed by atoms with van der Waals surface area (Å²) in [6.45, 7) is 5.57. The van der Waals surface area contributed by atoms with E-state index in [4.69, 9.17) is 10.5 Å². The smallest absolute Gasteiger partial charge is 0.339 e. The Balaban J connectivity index is 3.01. The normalized spacial score (nSPS) is 14.7. The highest BCUT2D eigenvalue weighted by Gasteiger charge is 2.25. The molecule has 2 unspecified atom stereocenters. The Kier molecular flexibility index (Phi) is 5.68. The van der Waals surface area contributed by atoms with Gasteiger partial charge in [0.05, 0.1) is 11.7 Å². The predicted molar refractivity (Wildman–Crippen MR) is 76.2 cm³/mol. The quantitative estimate of drug-likeness (QED) is 0.709. The van der Waals surface area contributed by atoms with Crippen molar-refractivity contribution in [1.82, 2.24) is 0 Å². The van der Waals surface area contributed by atoms with Crippen molar-refractivity contribution in [1.29, 1.82) is 0 Å². The van der Waals surface area contributed by atoms with Crippen LogP contribution in [0.4, 0.5) is 0 Å². The zero-order valence-electron chi connectivity index (χ0n) is 12.2. The Morgan fingerprint density at radius 1 is 1.30 bits per heavy atom. The van der Waals surface area contributed by atoms with E-state index in [1.165, 1.54) is 0 Å². The second-order valence-electron chi connectivity index (χ2n) is 5.68. The maximum Gasteiger partial charge on any atom is 0.339 e. The molecule has 1 aromatic rings. The number of esters is 1. The summed E-state index contributed by atoms with van der Waals surface area (Å²) in [7, 11) is 0. The van der Waals surface area contributed by atoms with Crippen LogP contribution in [0.1, 0.15) is 49.2 Å². The van der Waals surface area contributed by atoms with Gasteiger partial charge < -0.3 is 20.7 Å². The molecule has 0 spiro atoms. The second-order valence-corrected chi connectivity index (χ2v) is 5.68. The standard InChI is InChI=1S/C15H23NO4/c1-15(2,3)20-14(19)11-7-5-4-6-10(11)13(18)12(17)8-9-16/h4-7,12-13,17-18H,8-9,16H2,1-3H3. The molecule has 5 nitrogen and oxygen atoms in total. The minimum atomic E-state index is -1.16. The van der Waals surface area contributed by atoms with Gasteiger partial charge in [-0.2, -0.15) is 0 Å². The van der Waals surface area contributed by atoms with Gasteiger partial charge in [-0.25, -0.2) is 4.79 Å². The zero-order chi connectivity index (χ0) is 15.3. The molecule has 2 atom stereocenters. The van der Waals surface area contributed by atoms with E-state index in [2.05, 4.69) is 0 Å². The van der Waals surface area contributed by atoms with Gasteiger partial charge in [0.2, 0.25) is 0 Å². The number of ether oxygens (including phenoxy) is 1. The minimum absolute atomic E-state index is 0.254. The van der Waals surface area contributed by atoms with E-state index in [0.29, 0.717) is 5.56 Å². The third-order valence-electron chi connectivity index (χ3n) is 2.73. The Bertz CT molecular complexity index is 453. The summed E-state index contributed by atoms with van der Waals surface area (Å²) in [6, 6.07) is 6.55. The number of hydrogen-bond donors (Lipinski definition) is 3. The molecule has 0 aromatic heterocycles. The number of aliphatic hydroxyl groups excluding tert-OH is 2. The molecule has 0 saturated heterocycles. The molecule has 1 aromatic carbocycles. The molecule has 0 amide bonds. The van der Waals surface area contributed by atoms with Crippen LogP contribution in [-0.2, 0) is 4.74 Å². The molecule has 1 rings (SSSR count). The van der Waals surface area contributed by atoms with Crippen LogP contribution in [0.5, 0.6) is 0 Å². The molecule has 0 aliphatic rings. The molecule has 20 heavy (non-hydrogen) atoms. The fraction of sp³-hybridized carbons (Fsp3) is 0.533. The van der Waals surface area contributed by atoms with Crippen LogP contribution in [0.2, 0.25) is 0 Å². The number of rotatable bonds is 5. The molecule has 112 valence electrons. The van der Waals surface area contributed by atoms with Gasteiger partial charge in [-0.05, 0) is 45.4 Å². The SMILES string of the molecule is CC(C)(C)OC(=O)c1ccccc1C(O)C(O)CCN. The molecule has 0 heterocycles.